The molecule has 0 spiro atoms. The molecule has 7 heteroatoms. The molecule has 6 nitrogen and oxygen atoms in total. The van der Waals surface area contributed by atoms with E-state index in [2.05, 4.69) is 4.74 Å². The molecule has 0 unspecified atom stereocenters. The van der Waals surface area contributed by atoms with E-state index in [1.165, 1.54) is 7.11 Å². The minimum absolute atomic E-state index is 0.279. The lowest BCUT2D eigenvalue weighted by molar-refractivity contribution is -0.143. The molecule has 0 aliphatic carbocycles. The summed E-state index contributed by atoms with van der Waals surface area (Å²) in [6.07, 6.45) is 3.55. The topological polar surface area (TPSA) is 68.6 Å². The van der Waals surface area contributed by atoms with Gasteiger partial charge in [0.1, 0.15) is 6.54 Å². The Balaban J connectivity index is 1.90. The maximum Gasteiger partial charge on any atom is 0.325 e. The maximum absolute atomic E-state index is 12.4. The van der Waals surface area contributed by atoms with Crippen LogP contribution in [0.4, 0.5) is 4.79 Å². The Hall–Kier alpha value is -2.80. The van der Waals surface area contributed by atoms with Gasteiger partial charge in [0, 0.05) is 17.6 Å². The van der Waals surface area contributed by atoms with Crippen LogP contribution in [0.25, 0.3) is 11.8 Å². The predicted octanol–water partition coefficient (Wildman–Crippen LogP) is 3.00. The summed E-state index contributed by atoms with van der Waals surface area (Å²) in [5.74, 6) is -1.12. The number of benzene rings is 1. The molecule has 0 N–H and O–H groups in total. The highest BCUT2D eigenvalue weighted by atomic mass is 32.2. The number of aromatic nitrogens is 1. The Morgan fingerprint density at radius 1 is 1.24 bits per heavy atom. The monoisotopic (exact) mass is 356 g/mol. The third-order valence-corrected chi connectivity index (χ3v) is 4.63. The molecular weight excluding hydrogens is 340 g/mol. The van der Waals surface area contributed by atoms with Crippen LogP contribution in [0.3, 0.4) is 0 Å². The molecule has 2 aromatic rings. The van der Waals surface area contributed by atoms with Crippen LogP contribution in [0, 0.1) is 6.92 Å². The molecule has 0 atom stereocenters. The zero-order valence-corrected chi connectivity index (χ0v) is 14.6. The van der Waals surface area contributed by atoms with E-state index in [0.29, 0.717) is 0 Å². The summed E-state index contributed by atoms with van der Waals surface area (Å²) in [7, 11) is 1.21. The van der Waals surface area contributed by atoms with Gasteiger partial charge in [0.05, 0.1) is 12.0 Å². The highest BCUT2D eigenvalue weighted by Gasteiger charge is 2.36. The van der Waals surface area contributed by atoms with Crippen LogP contribution in [-0.4, -0.2) is 40.2 Å². The number of rotatable bonds is 4. The number of hydrogen-bond donors (Lipinski definition) is 0. The fourth-order valence-electron chi connectivity index (χ4n) is 2.49. The number of imide groups is 1. The summed E-state index contributed by atoms with van der Waals surface area (Å²) >= 11 is 0.817. The average molecular weight is 356 g/mol. The Labute approximate surface area is 149 Å². The van der Waals surface area contributed by atoms with Crippen LogP contribution >= 0.6 is 11.8 Å². The molecule has 3 rings (SSSR count). The molecule has 1 aliphatic rings. The van der Waals surface area contributed by atoms with E-state index >= 15 is 0 Å². The molecule has 128 valence electrons. The summed E-state index contributed by atoms with van der Waals surface area (Å²) in [5, 5.41) is -0.477. The first-order valence-electron chi connectivity index (χ1n) is 7.56. The van der Waals surface area contributed by atoms with Crippen molar-refractivity contribution in [3.05, 3.63) is 58.8 Å². The number of carbonyl (C=O) groups is 3. The highest BCUT2D eigenvalue weighted by Crippen LogP contribution is 2.32. The number of amides is 2. The molecule has 0 saturated carbocycles. The molecule has 1 fully saturated rings. The number of hydrogen-bond acceptors (Lipinski definition) is 5. The van der Waals surface area contributed by atoms with Crippen molar-refractivity contribution in [3.63, 3.8) is 0 Å². The number of thioether (sulfide) groups is 1. The van der Waals surface area contributed by atoms with Gasteiger partial charge < -0.3 is 9.30 Å². The minimum atomic E-state index is -0.633. The third-order valence-electron chi connectivity index (χ3n) is 3.73. The largest absolute Gasteiger partial charge is 0.468 e. The van der Waals surface area contributed by atoms with E-state index in [0.717, 1.165) is 33.6 Å². The van der Waals surface area contributed by atoms with Crippen LogP contribution in [-0.2, 0) is 14.3 Å². The quantitative estimate of drug-likeness (QED) is 0.622. The first-order chi connectivity index (χ1) is 12.0. The van der Waals surface area contributed by atoms with Gasteiger partial charge in [-0.1, -0.05) is 12.1 Å². The van der Waals surface area contributed by atoms with E-state index in [-0.39, 0.29) is 11.4 Å². The van der Waals surface area contributed by atoms with E-state index in [9.17, 15) is 14.4 Å². The summed E-state index contributed by atoms with van der Waals surface area (Å²) in [5.41, 5.74) is 2.86. The highest BCUT2D eigenvalue weighted by molar-refractivity contribution is 8.18. The summed E-state index contributed by atoms with van der Waals surface area (Å²) in [4.78, 5) is 36.9. The first-order valence-corrected chi connectivity index (χ1v) is 8.38. The van der Waals surface area contributed by atoms with Gasteiger partial charge in [-0.2, -0.15) is 0 Å². The zero-order valence-electron chi connectivity index (χ0n) is 13.8. The van der Waals surface area contributed by atoms with Crippen molar-refractivity contribution in [1.82, 2.24) is 9.47 Å². The van der Waals surface area contributed by atoms with Gasteiger partial charge in [-0.05, 0) is 54.6 Å². The Bertz CT molecular complexity index is 885. The first kappa shape index (κ1) is 17.0. The number of ether oxygens (including phenoxy) is 1. The second-order valence-electron chi connectivity index (χ2n) is 5.49. The number of carbonyl (C=O) groups excluding carboxylic acids is 3. The van der Waals surface area contributed by atoms with Crippen molar-refractivity contribution in [2.24, 2.45) is 0 Å². The molecule has 0 radical (unpaired) electrons. The molecule has 0 bridgehead atoms. The zero-order chi connectivity index (χ0) is 18.0. The fraction of sp³-hybridized carbons (Fsp3) is 0.167. The lowest BCUT2D eigenvalue weighted by Crippen LogP contribution is -2.34. The van der Waals surface area contributed by atoms with Gasteiger partial charge >= 0.3 is 5.97 Å². The summed E-state index contributed by atoms with van der Waals surface area (Å²) in [6, 6.07) is 11.7. The van der Waals surface area contributed by atoms with Gasteiger partial charge in [-0.25, -0.2) is 0 Å². The Morgan fingerprint density at radius 3 is 2.76 bits per heavy atom. The SMILES string of the molecule is COC(=O)CN1C(=O)S/C(=C/c2cccn2-c2cccc(C)c2)C1=O. The number of methoxy groups -OCH3 is 1. The number of aryl methyl sites for hydroxylation is 1. The van der Waals surface area contributed by atoms with Crippen LogP contribution in [0.2, 0.25) is 0 Å². The standard InChI is InChI=1S/C18H16N2O4S/c1-12-5-3-6-13(9-12)19-8-4-7-14(19)10-15-17(22)20(18(23)25-15)11-16(21)24-2/h3-10H,11H2,1-2H3/b15-10+. The van der Waals surface area contributed by atoms with Gasteiger partial charge in [-0.15, -0.1) is 0 Å². The molecule has 2 heterocycles. The molecule has 2 amide bonds. The minimum Gasteiger partial charge on any atom is -0.468 e. The van der Waals surface area contributed by atoms with E-state index in [4.69, 9.17) is 0 Å². The van der Waals surface area contributed by atoms with Crippen LogP contribution < -0.4 is 0 Å². The van der Waals surface area contributed by atoms with Gasteiger partial charge in [0.15, 0.2) is 0 Å². The van der Waals surface area contributed by atoms with E-state index < -0.39 is 17.1 Å². The van der Waals surface area contributed by atoms with Crippen molar-refractivity contribution < 1.29 is 19.1 Å². The Kier molecular flexibility index (Phi) is 4.76. The lowest BCUT2D eigenvalue weighted by atomic mass is 10.2. The smallest absolute Gasteiger partial charge is 0.325 e. The molecule has 25 heavy (non-hydrogen) atoms. The predicted molar refractivity (Wildman–Crippen MR) is 95.2 cm³/mol. The van der Waals surface area contributed by atoms with Crippen molar-refractivity contribution in [2.75, 3.05) is 13.7 Å². The van der Waals surface area contributed by atoms with Crippen molar-refractivity contribution >= 4 is 35.0 Å². The van der Waals surface area contributed by atoms with Crippen molar-refractivity contribution in [2.45, 2.75) is 6.92 Å². The van der Waals surface area contributed by atoms with Crippen LogP contribution in [0.15, 0.2) is 47.5 Å². The number of esters is 1. The third kappa shape index (κ3) is 3.51. The molecule has 1 aromatic heterocycles. The molecule has 1 saturated heterocycles. The normalized spacial score (nSPS) is 15.9. The molecule has 1 aliphatic heterocycles. The van der Waals surface area contributed by atoms with E-state index in [1.807, 2.05) is 54.1 Å². The average Bonchev–Trinajstić information content (AvgIpc) is 3.15. The van der Waals surface area contributed by atoms with Crippen LogP contribution in [0.1, 0.15) is 11.3 Å². The molecule has 1 aromatic carbocycles. The lowest BCUT2D eigenvalue weighted by Gasteiger charge is -2.10. The maximum atomic E-state index is 12.4. The van der Waals surface area contributed by atoms with Gasteiger partial charge in [0.25, 0.3) is 11.1 Å². The Morgan fingerprint density at radius 2 is 2.04 bits per heavy atom. The van der Waals surface area contributed by atoms with Crippen LogP contribution in [0.5, 0.6) is 0 Å². The second-order valence-corrected chi connectivity index (χ2v) is 6.48. The van der Waals surface area contributed by atoms with Crippen molar-refractivity contribution in [1.29, 1.82) is 0 Å². The second kappa shape index (κ2) is 6.98. The fourth-order valence-corrected chi connectivity index (χ4v) is 3.31. The summed E-state index contributed by atoms with van der Waals surface area (Å²) < 4.78 is 6.45. The molecular formula is C18H16N2O4S. The number of nitrogens with zero attached hydrogens (tertiary/aromatic N) is 2. The van der Waals surface area contributed by atoms with Gasteiger partial charge in [-0.3, -0.25) is 19.3 Å². The summed E-state index contributed by atoms with van der Waals surface area (Å²) in [6.45, 7) is 1.63. The van der Waals surface area contributed by atoms with Gasteiger partial charge in [0.2, 0.25) is 0 Å². The van der Waals surface area contributed by atoms with Crippen molar-refractivity contribution in [3.8, 4) is 5.69 Å². The van der Waals surface area contributed by atoms with E-state index in [1.54, 1.807) is 6.08 Å².